The topological polar surface area (TPSA) is 95.2 Å². The van der Waals surface area contributed by atoms with Gasteiger partial charge in [0.15, 0.2) is 23.3 Å². The third kappa shape index (κ3) is 3.81. The van der Waals surface area contributed by atoms with Crippen LogP contribution in [0, 0.1) is 16.7 Å². The fraction of sp³-hybridized carbons (Fsp3) is 0.214. The third-order valence-electron chi connectivity index (χ3n) is 2.60. The lowest BCUT2D eigenvalue weighted by atomic mass is 10.2. The summed E-state index contributed by atoms with van der Waals surface area (Å²) >= 11 is 4.47. The minimum atomic E-state index is -0.301. The molecule has 6 nitrogen and oxygen atoms in total. The van der Waals surface area contributed by atoms with Gasteiger partial charge in [-0.2, -0.15) is 5.26 Å². The van der Waals surface area contributed by atoms with E-state index in [4.69, 9.17) is 20.1 Å². The van der Waals surface area contributed by atoms with Crippen molar-refractivity contribution in [3.05, 3.63) is 27.1 Å². The molecule has 1 aliphatic rings. The van der Waals surface area contributed by atoms with E-state index in [1.807, 2.05) is 13.0 Å². The van der Waals surface area contributed by atoms with Gasteiger partial charge >= 0.3 is 0 Å². The summed E-state index contributed by atoms with van der Waals surface area (Å²) in [5, 5.41) is 18.6. The van der Waals surface area contributed by atoms with Crippen LogP contribution in [-0.4, -0.2) is 24.3 Å². The fourth-order valence-corrected chi connectivity index (χ4v) is 2.87. The van der Waals surface area contributed by atoms with Crippen molar-refractivity contribution in [2.45, 2.75) is 6.92 Å². The summed E-state index contributed by atoms with van der Waals surface area (Å²) in [6.45, 7) is 2.21. The molecule has 0 aromatic heterocycles. The molecule has 0 spiro atoms. The van der Waals surface area contributed by atoms with E-state index in [2.05, 4.69) is 21.2 Å². The van der Waals surface area contributed by atoms with Gasteiger partial charge in [0.05, 0.1) is 11.5 Å². The molecule has 114 valence electrons. The number of amidine groups is 1. The van der Waals surface area contributed by atoms with Crippen LogP contribution in [0.4, 0.5) is 0 Å². The maximum Gasteiger partial charge on any atom is 0.264 e. The van der Waals surface area contributed by atoms with Gasteiger partial charge in [0.2, 0.25) is 0 Å². The average molecular weight is 382 g/mol. The highest BCUT2D eigenvalue weighted by molar-refractivity contribution is 9.10. The summed E-state index contributed by atoms with van der Waals surface area (Å²) in [7, 11) is 0. The summed E-state index contributed by atoms with van der Waals surface area (Å²) in [5.74, 6) is 0.643. The first-order valence-corrected chi connectivity index (χ1v) is 7.91. The predicted octanol–water partition coefficient (Wildman–Crippen LogP) is 2.89. The molecule has 1 aromatic rings. The molecular weight excluding hydrogens is 370 g/mol. The molecule has 1 aromatic carbocycles. The van der Waals surface area contributed by atoms with Crippen molar-refractivity contribution < 1.29 is 14.3 Å². The number of hydrogen-bond donors (Lipinski definition) is 2. The zero-order valence-corrected chi connectivity index (χ0v) is 14.0. The van der Waals surface area contributed by atoms with Gasteiger partial charge in [-0.25, -0.2) is 0 Å². The van der Waals surface area contributed by atoms with E-state index in [0.29, 0.717) is 27.5 Å². The summed E-state index contributed by atoms with van der Waals surface area (Å²) in [5.41, 5.74) is 0.722. The molecule has 8 heteroatoms. The second kappa shape index (κ2) is 7.33. The van der Waals surface area contributed by atoms with E-state index < -0.39 is 0 Å². The lowest BCUT2D eigenvalue weighted by Gasteiger charge is -2.12. The zero-order valence-electron chi connectivity index (χ0n) is 11.6. The molecule has 2 rings (SSSR count). The highest BCUT2D eigenvalue weighted by Crippen LogP contribution is 2.36. The average Bonchev–Trinajstić information content (AvgIpc) is 2.79. The van der Waals surface area contributed by atoms with Crippen molar-refractivity contribution in [2.24, 2.45) is 0 Å². The highest BCUT2D eigenvalue weighted by Gasteiger charge is 2.23. The van der Waals surface area contributed by atoms with Gasteiger partial charge in [0, 0.05) is 4.47 Å². The van der Waals surface area contributed by atoms with Crippen LogP contribution in [0.1, 0.15) is 12.5 Å². The fourth-order valence-electron chi connectivity index (χ4n) is 1.74. The Hall–Kier alpha value is -1.98. The Morgan fingerprint density at radius 2 is 2.18 bits per heavy atom. The molecule has 0 aliphatic carbocycles. The molecule has 0 radical (unpaired) electrons. The van der Waals surface area contributed by atoms with Crippen LogP contribution in [0.2, 0.25) is 0 Å². The number of nitrogens with zero attached hydrogens (tertiary/aromatic N) is 1. The summed E-state index contributed by atoms with van der Waals surface area (Å²) in [6.07, 6.45) is 1.67. The molecule has 1 amide bonds. The van der Waals surface area contributed by atoms with Crippen molar-refractivity contribution in [3.8, 4) is 17.6 Å². The smallest absolute Gasteiger partial charge is 0.264 e. The SMILES string of the molecule is CCOc1cc(C=C2SC(=N)NC2=O)c(Br)cc1OCC#N. The van der Waals surface area contributed by atoms with Crippen LogP contribution < -0.4 is 14.8 Å². The normalized spacial score (nSPS) is 15.6. The van der Waals surface area contributed by atoms with Gasteiger partial charge in [-0.3, -0.25) is 10.2 Å². The van der Waals surface area contributed by atoms with E-state index in [1.165, 1.54) is 0 Å². The summed E-state index contributed by atoms with van der Waals surface area (Å²) in [4.78, 5) is 12.1. The third-order valence-corrected chi connectivity index (χ3v) is 4.12. The Kier molecular flexibility index (Phi) is 5.46. The van der Waals surface area contributed by atoms with Crippen molar-refractivity contribution in [1.29, 1.82) is 10.7 Å². The second-order valence-electron chi connectivity index (χ2n) is 4.09. The molecule has 22 heavy (non-hydrogen) atoms. The minimum absolute atomic E-state index is 0.0810. The molecule has 0 saturated carbocycles. The van der Waals surface area contributed by atoms with Gasteiger partial charge in [-0.1, -0.05) is 15.9 Å². The van der Waals surface area contributed by atoms with Gasteiger partial charge in [0.1, 0.15) is 6.07 Å². The molecule has 0 atom stereocenters. The van der Waals surface area contributed by atoms with E-state index >= 15 is 0 Å². The molecule has 1 aliphatic heterocycles. The van der Waals surface area contributed by atoms with Crippen molar-refractivity contribution in [3.63, 3.8) is 0 Å². The quantitative estimate of drug-likeness (QED) is 0.764. The minimum Gasteiger partial charge on any atom is -0.490 e. The van der Waals surface area contributed by atoms with Crippen LogP contribution in [-0.2, 0) is 4.79 Å². The molecular formula is C14H12BrN3O3S. The number of ether oxygens (including phenoxy) is 2. The van der Waals surface area contributed by atoms with Crippen LogP contribution in [0.3, 0.4) is 0 Å². The van der Waals surface area contributed by atoms with E-state index in [-0.39, 0.29) is 17.7 Å². The summed E-state index contributed by atoms with van der Waals surface area (Å²) < 4.78 is 11.5. The van der Waals surface area contributed by atoms with Crippen molar-refractivity contribution in [1.82, 2.24) is 5.32 Å². The Morgan fingerprint density at radius 1 is 1.45 bits per heavy atom. The number of halogens is 1. The predicted molar refractivity (Wildman–Crippen MR) is 87.9 cm³/mol. The maximum atomic E-state index is 11.7. The number of amides is 1. The summed E-state index contributed by atoms with van der Waals surface area (Å²) in [6, 6.07) is 5.32. The van der Waals surface area contributed by atoms with Gasteiger partial charge in [0.25, 0.3) is 5.91 Å². The van der Waals surface area contributed by atoms with Gasteiger partial charge in [-0.15, -0.1) is 0 Å². The number of hydrogen-bond acceptors (Lipinski definition) is 6. The van der Waals surface area contributed by atoms with E-state index in [1.54, 1.807) is 18.2 Å². The largest absolute Gasteiger partial charge is 0.490 e. The zero-order chi connectivity index (χ0) is 16.1. The Morgan fingerprint density at radius 3 is 2.77 bits per heavy atom. The maximum absolute atomic E-state index is 11.7. The molecule has 1 saturated heterocycles. The second-order valence-corrected chi connectivity index (χ2v) is 6.00. The monoisotopic (exact) mass is 381 g/mol. The number of nitriles is 1. The van der Waals surface area contributed by atoms with E-state index in [9.17, 15) is 4.79 Å². The number of nitrogens with one attached hydrogen (secondary N) is 2. The molecule has 0 bridgehead atoms. The van der Waals surface area contributed by atoms with Crippen molar-refractivity contribution in [2.75, 3.05) is 13.2 Å². The number of thioether (sulfide) groups is 1. The Balaban J connectivity index is 2.38. The first-order chi connectivity index (χ1) is 10.5. The number of carbonyl (C=O) groups is 1. The highest BCUT2D eigenvalue weighted by atomic mass is 79.9. The number of carbonyl (C=O) groups excluding carboxylic acids is 1. The molecule has 2 N–H and O–H groups in total. The lowest BCUT2D eigenvalue weighted by molar-refractivity contribution is -0.115. The standard InChI is InChI=1S/C14H12BrN3O3S/c1-2-20-10-5-8(6-12-13(19)18-14(17)22-12)9(15)7-11(10)21-4-3-16/h5-7H,2,4H2,1H3,(H2,17,18,19). The number of benzene rings is 1. The Labute approximate surface area is 140 Å². The van der Waals surface area contributed by atoms with Gasteiger partial charge in [-0.05, 0) is 42.5 Å². The van der Waals surface area contributed by atoms with Gasteiger partial charge < -0.3 is 14.8 Å². The molecule has 1 heterocycles. The first-order valence-electron chi connectivity index (χ1n) is 6.30. The molecule has 0 unspecified atom stereocenters. The van der Waals surface area contributed by atoms with Crippen molar-refractivity contribution >= 4 is 44.8 Å². The van der Waals surface area contributed by atoms with E-state index in [0.717, 1.165) is 17.3 Å². The van der Waals surface area contributed by atoms with Crippen LogP contribution >= 0.6 is 27.7 Å². The lowest BCUT2D eigenvalue weighted by Crippen LogP contribution is -2.18. The van der Waals surface area contributed by atoms with Crippen LogP contribution in [0.15, 0.2) is 21.5 Å². The van der Waals surface area contributed by atoms with Crippen LogP contribution in [0.25, 0.3) is 6.08 Å². The Bertz CT molecular complexity index is 697. The van der Waals surface area contributed by atoms with Crippen LogP contribution in [0.5, 0.6) is 11.5 Å². The molecule has 1 fully saturated rings. The number of rotatable bonds is 5. The first kappa shape index (κ1) is 16.4.